The molecule has 0 radical (unpaired) electrons. The van der Waals surface area contributed by atoms with Gasteiger partial charge in [0.15, 0.2) is 0 Å². The molecule has 4 nitrogen and oxygen atoms in total. The minimum Gasteiger partial charge on any atom is -0.382 e. The van der Waals surface area contributed by atoms with Crippen LogP contribution in [0.5, 0.6) is 0 Å². The van der Waals surface area contributed by atoms with E-state index >= 15 is 0 Å². The van der Waals surface area contributed by atoms with E-state index in [-0.39, 0.29) is 11.7 Å². The Labute approximate surface area is 86.3 Å². The summed E-state index contributed by atoms with van der Waals surface area (Å²) in [6, 6.07) is 2.98. The number of nitro groups is 1. The van der Waals surface area contributed by atoms with Crippen LogP contribution in [0.3, 0.4) is 0 Å². The number of hydrogen-bond donors (Lipinski definition) is 1. The highest BCUT2D eigenvalue weighted by molar-refractivity contribution is 5.63. The van der Waals surface area contributed by atoms with Gasteiger partial charge in [-0.3, -0.25) is 10.1 Å². The van der Waals surface area contributed by atoms with Crippen LogP contribution in [0, 0.1) is 15.9 Å². The maximum Gasteiger partial charge on any atom is 0.309 e. The van der Waals surface area contributed by atoms with E-state index in [9.17, 15) is 14.5 Å². The Morgan fingerprint density at radius 1 is 1.60 bits per heavy atom. The summed E-state index contributed by atoms with van der Waals surface area (Å²) in [7, 11) is 0. The normalized spacial score (nSPS) is 19.2. The van der Waals surface area contributed by atoms with Crippen molar-refractivity contribution in [2.24, 2.45) is 0 Å². The molecular formula is C10H11FN2O2. The second-order valence-corrected chi connectivity index (χ2v) is 3.76. The van der Waals surface area contributed by atoms with Crippen LogP contribution in [0.4, 0.5) is 15.8 Å². The molecule has 0 amide bonds. The zero-order valence-corrected chi connectivity index (χ0v) is 8.29. The molecule has 15 heavy (non-hydrogen) atoms. The first-order chi connectivity index (χ1) is 7.09. The molecule has 0 spiro atoms. The lowest BCUT2D eigenvalue weighted by Crippen LogP contribution is -2.22. The van der Waals surface area contributed by atoms with Crippen molar-refractivity contribution in [1.82, 2.24) is 0 Å². The third-order valence-corrected chi connectivity index (χ3v) is 2.65. The number of benzene rings is 1. The van der Waals surface area contributed by atoms with E-state index in [0.29, 0.717) is 17.7 Å². The summed E-state index contributed by atoms with van der Waals surface area (Å²) in [6.45, 7) is 2.00. The fraction of sp³-hybridized carbons (Fsp3) is 0.400. The highest BCUT2D eigenvalue weighted by atomic mass is 19.1. The lowest BCUT2D eigenvalue weighted by molar-refractivity contribution is -0.388. The number of anilines is 1. The van der Waals surface area contributed by atoms with Gasteiger partial charge in [-0.2, -0.15) is 4.39 Å². The standard InChI is InChI=1S/C10H11FN2O2/c1-6-2-3-7-9(12-6)5-4-8(11)10(7)13(14)15/h4-6,12H,2-3H2,1H3. The first-order valence-electron chi connectivity index (χ1n) is 4.82. The molecule has 0 fully saturated rings. The van der Waals surface area contributed by atoms with Gasteiger partial charge in [-0.05, 0) is 31.9 Å². The van der Waals surface area contributed by atoms with Crippen molar-refractivity contribution in [2.75, 3.05) is 5.32 Å². The lowest BCUT2D eigenvalue weighted by atomic mass is 9.97. The molecule has 0 aromatic heterocycles. The topological polar surface area (TPSA) is 55.2 Å². The highest BCUT2D eigenvalue weighted by Crippen LogP contribution is 2.34. The predicted molar refractivity (Wildman–Crippen MR) is 54.5 cm³/mol. The molecule has 5 heteroatoms. The minimum absolute atomic E-state index is 0.280. The van der Waals surface area contributed by atoms with Gasteiger partial charge >= 0.3 is 5.69 Å². The van der Waals surface area contributed by atoms with Crippen LogP contribution in [0.15, 0.2) is 12.1 Å². The third-order valence-electron chi connectivity index (χ3n) is 2.65. The molecule has 0 saturated carbocycles. The Balaban J connectivity index is 2.55. The smallest absolute Gasteiger partial charge is 0.309 e. The number of rotatable bonds is 1. The number of nitrogens with one attached hydrogen (secondary N) is 1. The van der Waals surface area contributed by atoms with E-state index in [4.69, 9.17) is 0 Å². The summed E-state index contributed by atoms with van der Waals surface area (Å²) < 4.78 is 13.3. The average Bonchev–Trinajstić information content (AvgIpc) is 2.17. The van der Waals surface area contributed by atoms with E-state index in [1.54, 1.807) is 6.07 Å². The Bertz CT molecular complexity index is 420. The van der Waals surface area contributed by atoms with Crippen molar-refractivity contribution in [3.05, 3.63) is 33.6 Å². The summed E-state index contributed by atoms with van der Waals surface area (Å²) >= 11 is 0. The average molecular weight is 210 g/mol. The molecule has 1 unspecified atom stereocenters. The molecular weight excluding hydrogens is 199 g/mol. The SMILES string of the molecule is CC1CCc2c(ccc(F)c2[N+](=O)[O-])N1. The van der Waals surface area contributed by atoms with Crippen LogP contribution in [0.1, 0.15) is 18.9 Å². The van der Waals surface area contributed by atoms with Gasteiger partial charge in [0.1, 0.15) is 0 Å². The maximum atomic E-state index is 13.3. The van der Waals surface area contributed by atoms with Gasteiger partial charge in [0.05, 0.1) is 10.5 Å². The van der Waals surface area contributed by atoms with Gasteiger partial charge in [0, 0.05) is 11.7 Å². The van der Waals surface area contributed by atoms with E-state index < -0.39 is 10.7 Å². The number of nitrogens with zero attached hydrogens (tertiary/aromatic N) is 1. The second kappa shape index (κ2) is 3.49. The van der Waals surface area contributed by atoms with Crippen LogP contribution in [-0.2, 0) is 6.42 Å². The van der Waals surface area contributed by atoms with E-state index in [0.717, 1.165) is 12.5 Å². The molecule has 1 aliphatic heterocycles. The summed E-state index contributed by atoms with van der Waals surface area (Å²) in [6.07, 6.45) is 1.34. The number of fused-ring (bicyclic) bond motifs is 1. The fourth-order valence-electron chi connectivity index (χ4n) is 1.89. The quantitative estimate of drug-likeness (QED) is 0.572. The summed E-state index contributed by atoms with van der Waals surface area (Å²) in [5.41, 5.74) is 0.784. The van der Waals surface area contributed by atoms with Crippen molar-refractivity contribution < 1.29 is 9.31 Å². The number of nitro benzene ring substituents is 1. The van der Waals surface area contributed by atoms with Crippen molar-refractivity contribution >= 4 is 11.4 Å². The Morgan fingerprint density at radius 2 is 2.33 bits per heavy atom. The van der Waals surface area contributed by atoms with Gasteiger partial charge in [-0.25, -0.2) is 0 Å². The minimum atomic E-state index is -0.755. The van der Waals surface area contributed by atoms with Gasteiger partial charge < -0.3 is 5.32 Å². The molecule has 1 atom stereocenters. The Hall–Kier alpha value is -1.65. The third kappa shape index (κ3) is 1.65. The molecule has 0 saturated heterocycles. The zero-order chi connectivity index (χ0) is 11.0. The van der Waals surface area contributed by atoms with Crippen LogP contribution < -0.4 is 5.32 Å². The van der Waals surface area contributed by atoms with Crippen LogP contribution in [0.25, 0.3) is 0 Å². The van der Waals surface area contributed by atoms with Crippen molar-refractivity contribution in [3.63, 3.8) is 0 Å². The molecule has 0 aliphatic carbocycles. The first-order valence-corrected chi connectivity index (χ1v) is 4.82. The molecule has 1 aromatic carbocycles. The van der Waals surface area contributed by atoms with E-state index in [1.165, 1.54) is 0 Å². The van der Waals surface area contributed by atoms with Gasteiger partial charge in [0.2, 0.25) is 5.82 Å². The monoisotopic (exact) mass is 210 g/mol. The van der Waals surface area contributed by atoms with E-state index in [1.807, 2.05) is 6.92 Å². The van der Waals surface area contributed by atoms with Crippen LogP contribution >= 0.6 is 0 Å². The van der Waals surface area contributed by atoms with Crippen molar-refractivity contribution in [1.29, 1.82) is 0 Å². The summed E-state index contributed by atoms with van der Waals surface area (Å²) in [5.74, 6) is -0.755. The maximum absolute atomic E-state index is 13.3. The highest BCUT2D eigenvalue weighted by Gasteiger charge is 2.26. The van der Waals surface area contributed by atoms with Gasteiger partial charge in [-0.1, -0.05) is 0 Å². The molecule has 1 N–H and O–H groups in total. The molecule has 80 valence electrons. The summed E-state index contributed by atoms with van der Waals surface area (Å²) in [5, 5.41) is 13.8. The number of hydrogen-bond acceptors (Lipinski definition) is 3. The Morgan fingerprint density at radius 3 is 3.00 bits per heavy atom. The van der Waals surface area contributed by atoms with Crippen molar-refractivity contribution in [2.45, 2.75) is 25.8 Å². The molecule has 1 heterocycles. The second-order valence-electron chi connectivity index (χ2n) is 3.76. The molecule has 2 rings (SSSR count). The lowest BCUT2D eigenvalue weighted by Gasteiger charge is -2.23. The molecule has 1 aliphatic rings. The Kier molecular flexibility index (Phi) is 2.30. The van der Waals surface area contributed by atoms with Crippen LogP contribution in [0.2, 0.25) is 0 Å². The van der Waals surface area contributed by atoms with Crippen molar-refractivity contribution in [3.8, 4) is 0 Å². The first kappa shape index (κ1) is 9.89. The number of halogens is 1. The van der Waals surface area contributed by atoms with Gasteiger partial charge in [0.25, 0.3) is 0 Å². The fourth-order valence-corrected chi connectivity index (χ4v) is 1.89. The van der Waals surface area contributed by atoms with Crippen LogP contribution in [-0.4, -0.2) is 11.0 Å². The molecule has 1 aromatic rings. The zero-order valence-electron chi connectivity index (χ0n) is 8.29. The largest absolute Gasteiger partial charge is 0.382 e. The molecule has 0 bridgehead atoms. The van der Waals surface area contributed by atoms with Gasteiger partial charge in [-0.15, -0.1) is 0 Å². The van der Waals surface area contributed by atoms with E-state index in [2.05, 4.69) is 5.32 Å². The predicted octanol–water partition coefficient (Wildman–Crippen LogP) is 2.48. The summed E-state index contributed by atoms with van der Waals surface area (Å²) in [4.78, 5) is 10.1.